The molecule has 0 aromatic heterocycles. The van der Waals surface area contributed by atoms with Crippen molar-refractivity contribution in [3.8, 4) is 0 Å². The molecular formula is C13H7ClFIO. The Labute approximate surface area is 117 Å². The molecule has 0 aliphatic carbocycles. The van der Waals surface area contributed by atoms with E-state index in [0.29, 0.717) is 10.6 Å². The number of benzene rings is 2. The maximum Gasteiger partial charge on any atom is 0.197 e. The average Bonchev–Trinajstić information content (AvgIpc) is 2.32. The molecule has 2 rings (SSSR count). The molecule has 0 saturated heterocycles. The van der Waals surface area contributed by atoms with E-state index in [1.807, 2.05) is 22.6 Å². The largest absolute Gasteiger partial charge is 0.288 e. The highest BCUT2D eigenvalue weighted by Gasteiger charge is 2.16. The molecule has 0 atom stereocenters. The molecule has 0 bridgehead atoms. The molecule has 0 radical (unpaired) electrons. The Kier molecular flexibility index (Phi) is 3.79. The van der Waals surface area contributed by atoms with Crippen LogP contribution in [0, 0.1) is 9.39 Å². The fourth-order valence-electron chi connectivity index (χ4n) is 1.46. The van der Waals surface area contributed by atoms with Gasteiger partial charge in [0.1, 0.15) is 5.82 Å². The molecule has 1 nitrogen and oxygen atoms in total. The summed E-state index contributed by atoms with van der Waals surface area (Å²) in [6.45, 7) is 0. The first-order chi connectivity index (χ1) is 8.09. The lowest BCUT2D eigenvalue weighted by atomic mass is 10.0. The van der Waals surface area contributed by atoms with Crippen molar-refractivity contribution in [3.63, 3.8) is 0 Å². The van der Waals surface area contributed by atoms with E-state index in [0.717, 1.165) is 3.57 Å². The van der Waals surface area contributed by atoms with Crippen LogP contribution in [0.3, 0.4) is 0 Å². The first-order valence-corrected chi connectivity index (χ1v) is 6.29. The van der Waals surface area contributed by atoms with Crippen LogP contribution < -0.4 is 0 Å². The molecule has 17 heavy (non-hydrogen) atoms. The van der Waals surface area contributed by atoms with E-state index in [1.54, 1.807) is 30.3 Å². The number of rotatable bonds is 2. The molecule has 0 fully saturated rings. The summed E-state index contributed by atoms with van der Waals surface area (Å²) in [5.74, 6) is -0.872. The summed E-state index contributed by atoms with van der Waals surface area (Å²) in [6.07, 6.45) is 0. The molecule has 86 valence electrons. The molecule has 2 aromatic carbocycles. The Balaban J connectivity index is 2.51. The minimum absolute atomic E-state index is 0.0627. The molecule has 0 heterocycles. The minimum atomic E-state index is -0.520. The van der Waals surface area contributed by atoms with E-state index in [2.05, 4.69) is 0 Å². The zero-order chi connectivity index (χ0) is 12.4. The van der Waals surface area contributed by atoms with E-state index >= 15 is 0 Å². The lowest BCUT2D eigenvalue weighted by Crippen LogP contribution is -2.06. The molecule has 0 spiro atoms. The number of ketones is 1. The second-order valence-electron chi connectivity index (χ2n) is 3.43. The van der Waals surface area contributed by atoms with Crippen LogP contribution in [-0.2, 0) is 0 Å². The van der Waals surface area contributed by atoms with Gasteiger partial charge < -0.3 is 0 Å². The summed E-state index contributed by atoms with van der Waals surface area (Å²) < 4.78 is 14.3. The van der Waals surface area contributed by atoms with Gasteiger partial charge in [0.2, 0.25) is 0 Å². The Morgan fingerprint density at radius 2 is 1.82 bits per heavy atom. The monoisotopic (exact) mass is 360 g/mol. The molecule has 2 aromatic rings. The van der Waals surface area contributed by atoms with E-state index in [4.69, 9.17) is 11.6 Å². The fraction of sp³-hybridized carbons (Fsp3) is 0. The van der Waals surface area contributed by atoms with Gasteiger partial charge in [0.15, 0.2) is 5.78 Å². The molecule has 0 aliphatic heterocycles. The lowest BCUT2D eigenvalue weighted by Gasteiger charge is -2.05. The standard InChI is InChI=1S/C13H7ClFIO/c14-8-5-6-12(16)10(7-8)13(17)9-3-1-2-4-11(9)15/h1-7H. The van der Waals surface area contributed by atoms with Crippen molar-refractivity contribution < 1.29 is 9.18 Å². The van der Waals surface area contributed by atoms with Crippen LogP contribution in [0.4, 0.5) is 4.39 Å². The van der Waals surface area contributed by atoms with Crippen molar-refractivity contribution in [1.29, 1.82) is 0 Å². The predicted molar refractivity (Wildman–Crippen MR) is 74.0 cm³/mol. The second kappa shape index (κ2) is 5.14. The normalized spacial score (nSPS) is 10.3. The molecule has 0 saturated carbocycles. The maximum absolute atomic E-state index is 13.5. The summed E-state index contributed by atoms with van der Waals surface area (Å²) in [4.78, 5) is 12.1. The third kappa shape index (κ3) is 2.66. The van der Waals surface area contributed by atoms with Crippen molar-refractivity contribution >= 4 is 40.0 Å². The van der Waals surface area contributed by atoms with Gasteiger partial charge >= 0.3 is 0 Å². The summed E-state index contributed by atoms with van der Waals surface area (Å²) in [7, 11) is 0. The highest BCUT2D eigenvalue weighted by atomic mass is 127. The third-order valence-electron chi connectivity index (χ3n) is 2.29. The van der Waals surface area contributed by atoms with Crippen LogP contribution in [-0.4, -0.2) is 5.78 Å². The lowest BCUT2D eigenvalue weighted by molar-refractivity contribution is 0.103. The zero-order valence-electron chi connectivity index (χ0n) is 8.58. The van der Waals surface area contributed by atoms with Gasteiger partial charge in [-0.05, 0) is 52.9 Å². The van der Waals surface area contributed by atoms with Crippen LogP contribution in [0.25, 0.3) is 0 Å². The van der Waals surface area contributed by atoms with E-state index in [9.17, 15) is 9.18 Å². The molecule has 0 unspecified atom stereocenters. The molecule has 0 amide bonds. The van der Waals surface area contributed by atoms with Crippen molar-refractivity contribution in [1.82, 2.24) is 0 Å². The van der Waals surface area contributed by atoms with Gasteiger partial charge in [-0.1, -0.05) is 23.7 Å². The number of carbonyl (C=O) groups excluding carboxylic acids is 1. The minimum Gasteiger partial charge on any atom is -0.288 e. The van der Waals surface area contributed by atoms with Gasteiger partial charge in [-0.15, -0.1) is 0 Å². The van der Waals surface area contributed by atoms with Crippen LogP contribution in [0.15, 0.2) is 42.5 Å². The van der Waals surface area contributed by atoms with Crippen molar-refractivity contribution in [2.45, 2.75) is 0 Å². The van der Waals surface area contributed by atoms with E-state index in [-0.39, 0.29) is 11.3 Å². The van der Waals surface area contributed by atoms with Crippen molar-refractivity contribution in [2.24, 2.45) is 0 Å². The fourth-order valence-corrected chi connectivity index (χ4v) is 2.21. The van der Waals surface area contributed by atoms with Crippen LogP contribution >= 0.6 is 34.2 Å². The summed E-state index contributed by atoms with van der Waals surface area (Å²) in [6, 6.07) is 10.9. The van der Waals surface area contributed by atoms with Crippen molar-refractivity contribution in [2.75, 3.05) is 0 Å². The Morgan fingerprint density at radius 1 is 1.12 bits per heavy atom. The average molecular weight is 361 g/mol. The Morgan fingerprint density at radius 3 is 2.53 bits per heavy atom. The van der Waals surface area contributed by atoms with Crippen molar-refractivity contribution in [3.05, 3.63) is 68.0 Å². The topological polar surface area (TPSA) is 17.1 Å². The molecule has 4 heteroatoms. The highest BCUT2D eigenvalue weighted by molar-refractivity contribution is 14.1. The van der Waals surface area contributed by atoms with Crippen LogP contribution in [0.5, 0.6) is 0 Å². The summed E-state index contributed by atoms with van der Waals surface area (Å²) in [5, 5.41) is 0.463. The SMILES string of the molecule is O=C(c1ccccc1F)c1cc(Cl)ccc1I. The number of carbonyl (C=O) groups is 1. The first-order valence-electron chi connectivity index (χ1n) is 4.84. The van der Waals surface area contributed by atoms with E-state index in [1.165, 1.54) is 12.1 Å². The van der Waals surface area contributed by atoms with Gasteiger partial charge in [0, 0.05) is 14.2 Å². The third-order valence-corrected chi connectivity index (χ3v) is 3.47. The van der Waals surface area contributed by atoms with Gasteiger partial charge in [-0.3, -0.25) is 4.79 Å². The van der Waals surface area contributed by atoms with Gasteiger partial charge in [-0.2, -0.15) is 0 Å². The smallest absolute Gasteiger partial charge is 0.197 e. The second-order valence-corrected chi connectivity index (χ2v) is 5.03. The van der Waals surface area contributed by atoms with Gasteiger partial charge in [0.05, 0.1) is 5.56 Å². The van der Waals surface area contributed by atoms with Crippen LogP contribution in [0.1, 0.15) is 15.9 Å². The summed E-state index contributed by atoms with van der Waals surface area (Å²) >= 11 is 7.87. The number of hydrogen-bond acceptors (Lipinski definition) is 1. The number of hydrogen-bond donors (Lipinski definition) is 0. The molecule has 0 N–H and O–H groups in total. The first kappa shape index (κ1) is 12.5. The highest BCUT2D eigenvalue weighted by Crippen LogP contribution is 2.22. The Hall–Kier alpha value is -0.940. The predicted octanol–water partition coefficient (Wildman–Crippen LogP) is 4.31. The maximum atomic E-state index is 13.5. The van der Waals surface area contributed by atoms with Gasteiger partial charge in [-0.25, -0.2) is 4.39 Å². The molecular weight excluding hydrogens is 353 g/mol. The zero-order valence-corrected chi connectivity index (χ0v) is 11.5. The van der Waals surface area contributed by atoms with Crippen LogP contribution in [0.2, 0.25) is 5.02 Å². The van der Waals surface area contributed by atoms with E-state index < -0.39 is 5.82 Å². The summed E-state index contributed by atoms with van der Waals surface area (Å²) in [5.41, 5.74) is 0.482. The number of halogens is 3. The molecule has 0 aliphatic rings. The quantitative estimate of drug-likeness (QED) is 0.576. The van der Waals surface area contributed by atoms with Gasteiger partial charge in [0.25, 0.3) is 0 Å². The Bertz CT molecular complexity index is 583.